The van der Waals surface area contributed by atoms with Gasteiger partial charge in [-0.05, 0) is 30.5 Å². The zero-order chi connectivity index (χ0) is 30.1. The van der Waals surface area contributed by atoms with Crippen molar-refractivity contribution >= 4 is 34.7 Å². The molecule has 0 bridgehead atoms. The van der Waals surface area contributed by atoms with Crippen LogP contribution in [0.2, 0.25) is 0 Å². The lowest BCUT2D eigenvalue weighted by Crippen LogP contribution is -2.52. The fourth-order valence-corrected chi connectivity index (χ4v) is 3.84. The molecule has 2 aromatic carbocycles. The van der Waals surface area contributed by atoms with Crippen molar-refractivity contribution in [3.05, 3.63) is 52.9 Å². The number of rotatable bonds is 14. The highest BCUT2D eigenvalue weighted by molar-refractivity contribution is 5.90. The summed E-state index contributed by atoms with van der Waals surface area (Å²) < 4.78 is 11.2. The van der Waals surface area contributed by atoms with Gasteiger partial charge < -0.3 is 45.9 Å². The Balaban J connectivity index is 1.69. The number of aliphatic carboxylic acids is 2. The molecule has 0 aliphatic heterocycles. The first-order valence-electron chi connectivity index (χ1n) is 12.4. The zero-order valence-electron chi connectivity index (χ0n) is 21.7. The first-order chi connectivity index (χ1) is 19.5. The number of carbonyl (C=O) groups is 4. The summed E-state index contributed by atoms with van der Waals surface area (Å²) in [5.74, 6) is -4.14. The summed E-state index contributed by atoms with van der Waals surface area (Å²) in [6.07, 6.45) is -0.00993. The van der Waals surface area contributed by atoms with Crippen molar-refractivity contribution in [1.29, 1.82) is 0 Å². The highest BCUT2D eigenvalue weighted by Gasteiger charge is 2.25. The molecule has 14 nitrogen and oxygen atoms in total. The maximum Gasteiger partial charge on any atom is 0.303 e. The number of ether oxygens (including phenoxy) is 1. The average molecular weight is 572 g/mol. The van der Waals surface area contributed by atoms with Gasteiger partial charge in [-0.15, -0.1) is 0 Å². The van der Waals surface area contributed by atoms with E-state index in [1.54, 1.807) is 0 Å². The van der Waals surface area contributed by atoms with Crippen LogP contribution in [0, 0.1) is 0 Å². The Hall–Kier alpha value is -5.11. The van der Waals surface area contributed by atoms with Crippen LogP contribution in [-0.4, -0.2) is 69.4 Å². The standard InChI is InChI=1S/C27H29N3O11/c28-18(5-7-22(33)34)26(38)30-19(6-8-23(35)36)27(39)29-9-10-40-20-11-16(32)12-21-24(20)25(37)17(13-41-21)14-1-3-15(31)4-2-14/h1-4,11-13,18-19,31-32H,5-10,28H2,(H,29,39)(H,30,38)(H,33,34)(H,35,36)/t18-,19-/m0/s1. The molecule has 2 amide bonds. The van der Waals surface area contributed by atoms with Crippen molar-refractivity contribution in [1.82, 2.24) is 10.6 Å². The molecule has 1 aromatic heterocycles. The molecule has 0 spiro atoms. The van der Waals surface area contributed by atoms with Crippen molar-refractivity contribution in [2.75, 3.05) is 13.2 Å². The summed E-state index contributed by atoms with van der Waals surface area (Å²) in [5.41, 5.74) is 5.91. The van der Waals surface area contributed by atoms with E-state index in [0.29, 0.717) is 5.56 Å². The van der Waals surface area contributed by atoms with Crippen LogP contribution in [-0.2, 0) is 19.2 Å². The zero-order valence-corrected chi connectivity index (χ0v) is 21.7. The van der Waals surface area contributed by atoms with Crippen LogP contribution in [0.1, 0.15) is 25.7 Å². The number of carboxylic acid groups (broad SMARTS) is 2. The number of nitrogens with two attached hydrogens (primary N) is 1. The molecule has 0 aliphatic rings. The Morgan fingerprint density at radius 2 is 1.59 bits per heavy atom. The third-order valence-corrected chi connectivity index (χ3v) is 5.95. The Kier molecular flexibility index (Phi) is 10.2. The Labute approximate surface area is 232 Å². The van der Waals surface area contributed by atoms with Gasteiger partial charge in [0, 0.05) is 25.0 Å². The molecular weight excluding hydrogens is 542 g/mol. The van der Waals surface area contributed by atoms with Crippen molar-refractivity contribution in [2.45, 2.75) is 37.8 Å². The smallest absolute Gasteiger partial charge is 0.303 e. The largest absolute Gasteiger partial charge is 0.508 e. The topological polar surface area (TPSA) is 239 Å². The Morgan fingerprint density at radius 3 is 2.24 bits per heavy atom. The van der Waals surface area contributed by atoms with E-state index in [-0.39, 0.29) is 66.2 Å². The number of carbonyl (C=O) groups excluding carboxylic acids is 2. The number of amides is 2. The molecule has 0 fully saturated rings. The second-order valence-corrected chi connectivity index (χ2v) is 9.01. The number of nitrogens with one attached hydrogen (secondary N) is 2. The van der Waals surface area contributed by atoms with E-state index in [1.165, 1.54) is 42.7 Å². The third kappa shape index (κ3) is 8.44. The van der Waals surface area contributed by atoms with Crippen molar-refractivity contribution < 1.29 is 48.8 Å². The van der Waals surface area contributed by atoms with E-state index in [4.69, 9.17) is 25.1 Å². The molecule has 0 saturated carbocycles. The molecule has 0 saturated heterocycles. The predicted octanol–water partition coefficient (Wildman–Crippen LogP) is 0.908. The highest BCUT2D eigenvalue weighted by Crippen LogP contribution is 2.31. The van der Waals surface area contributed by atoms with Gasteiger partial charge in [0.15, 0.2) is 0 Å². The third-order valence-electron chi connectivity index (χ3n) is 5.95. The van der Waals surface area contributed by atoms with Gasteiger partial charge in [0.25, 0.3) is 0 Å². The second-order valence-electron chi connectivity index (χ2n) is 9.01. The summed E-state index contributed by atoms with van der Waals surface area (Å²) >= 11 is 0. The molecule has 2 atom stereocenters. The van der Waals surface area contributed by atoms with Gasteiger partial charge >= 0.3 is 11.9 Å². The van der Waals surface area contributed by atoms with E-state index < -0.39 is 47.7 Å². The minimum Gasteiger partial charge on any atom is -0.508 e. The van der Waals surface area contributed by atoms with Gasteiger partial charge in [-0.3, -0.25) is 24.0 Å². The van der Waals surface area contributed by atoms with E-state index >= 15 is 0 Å². The Morgan fingerprint density at radius 1 is 0.927 bits per heavy atom. The second kappa shape index (κ2) is 13.8. The van der Waals surface area contributed by atoms with E-state index in [0.717, 1.165) is 0 Å². The van der Waals surface area contributed by atoms with Crippen LogP contribution in [0.5, 0.6) is 17.2 Å². The SMILES string of the molecule is N[C@@H](CCC(=O)O)C(=O)N[C@@H](CCC(=O)O)C(=O)NCCOc1cc(O)cc2occ(-c3ccc(O)cc3)c(=O)c12. The van der Waals surface area contributed by atoms with Crippen LogP contribution >= 0.6 is 0 Å². The van der Waals surface area contributed by atoms with Gasteiger partial charge in [0.05, 0.1) is 18.2 Å². The fourth-order valence-electron chi connectivity index (χ4n) is 3.84. The van der Waals surface area contributed by atoms with Crippen molar-refractivity contribution in [3.63, 3.8) is 0 Å². The number of benzene rings is 2. The van der Waals surface area contributed by atoms with E-state index in [9.17, 15) is 34.2 Å². The molecule has 0 radical (unpaired) electrons. The van der Waals surface area contributed by atoms with Crippen LogP contribution < -0.4 is 26.5 Å². The summed E-state index contributed by atoms with van der Waals surface area (Å²) in [4.78, 5) is 60.0. The molecule has 218 valence electrons. The number of hydrogen-bond acceptors (Lipinski definition) is 10. The number of fused-ring (bicyclic) bond motifs is 1. The molecular formula is C27H29N3O11. The van der Waals surface area contributed by atoms with Crippen LogP contribution in [0.25, 0.3) is 22.1 Å². The molecule has 0 aliphatic carbocycles. The molecule has 3 rings (SSSR count). The first kappa shape index (κ1) is 30.4. The maximum atomic E-state index is 13.3. The number of carboxylic acids is 2. The molecule has 1 heterocycles. The van der Waals surface area contributed by atoms with Crippen molar-refractivity contribution in [3.8, 4) is 28.4 Å². The van der Waals surface area contributed by atoms with Crippen LogP contribution in [0.3, 0.4) is 0 Å². The van der Waals surface area contributed by atoms with E-state index in [1.807, 2.05) is 0 Å². The number of phenols is 2. The quantitative estimate of drug-likeness (QED) is 0.134. The van der Waals surface area contributed by atoms with E-state index in [2.05, 4.69) is 10.6 Å². The summed E-state index contributed by atoms with van der Waals surface area (Å²) in [6, 6.07) is 5.84. The van der Waals surface area contributed by atoms with Gasteiger partial charge in [-0.25, -0.2) is 0 Å². The van der Waals surface area contributed by atoms with Crippen LogP contribution in [0.4, 0.5) is 0 Å². The predicted molar refractivity (Wildman–Crippen MR) is 143 cm³/mol. The van der Waals surface area contributed by atoms with Crippen LogP contribution in [0.15, 0.2) is 51.9 Å². The molecule has 0 unspecified atom stereocenters. The molecule has 3 aromatic rings. The lowest BCUT2D eigenvalue weighted by Gasteiger charge is -2.20. The van der Waals surface area contributed by atoms with Crippen molar-refractivity contribution in [2.24, 2.45) is 5.73 Å². The molecule has 41 heavy (non-hydrogen) atoms. The minimum absolute atomic E-state index is 0.0146. The van der Waals surface area contributed by atoms with Gasteiger partial charge in [-0.1, -0.05) is 12.1 Å². The lowest BCUT2D eigenvalue weighted by molar-refractivity contribution is -0.139. The average Bonchev–Trinajstić information content (AvgIpc) is 2.92. The summed E-state index contributed by atoms with van der Waals surface area (Å²) in [5, 5.41) is 42.2. The first-order valence-corrected chi connectivity index (χ1v) is 12.4. The minimum atomic E-state index is -1.27. The monoisotopic (exact) mass is 571 g/mol. The van der Waals surface area contributed by atoms with Gasteiger partial charge in [0.1, 0.15) is 47.1 Å². The summed E-state index contributed by atoms with van der Waals surface area (Å²) in [6.45, 7) is -0.325. The highest BCUT2D eigenvalue weighted by atomic mass is 16.5. The molecule has 14 heteroatoms. The molecule has 8 N–H and O–H groups in total. The lowest BCUT2D eigenvalue weighted by atomic mass is 10.0. The number of aromatic hydroxyl groups is 2. The van der Waals surface area contributed by atoms with Gasteiger partial charge in [0.2, 0.25) is 17.2 Å². The van der Waals surface area contributed by atoms with Gasteiger partial charge in [-0.2, -0.15) is 0 Å². The normalized spacial score (nSPS) is 12.3. The number of phenolic OH excluding ortho intramolecular Hbond substituents is 2. The number of hydrogen-bond donors (Lipinski definition) is 7. The summed E-state index contributed by atoms with van der Waals surface area (Å²) in [7, 11) is 0. The Bertz CT molecular complexity index is 1480. The fraction of sp³-hybridized carbons (Fsp3) is 0.296. The maximum absolute atomic E-state index is 13.3.